The van der Waals surface area contributed by atoms with Crippen molar-refractivity contribution in [1.29, 1.82) is 0 Å². The molecule has 3 fully saturated rings. The zero-order valence-corrected chi connectivity index (χ0v) is 9.99. The third-order valence-corrected chi connectivity index (χ3v) is 4.83. The van der Waals surface area contributed by atoms with Gasteiger partial charge < -0.3 is 5.32 Å². The summed E-state index contributed by atoms with van der Waals surface area (Å²) in [4.78, 5) is 12.1. The van der Waals surface area contributed by atoms with Crippen molar-refractivity contribution in [2.24, 2.45) is 29.6 Å². The van der Waals surface area contributed by atoms with Gasteiger partial charge >= 0.3 is 0 Å². The van der Waals surface area contributed by atoms with Crippen molar-refractivity contribution >= 4 is 5.91 Å². The molecule has 3 saturated carbocycles. The lowest BCUT2D eigenvalue weighted by atomic mass is 10.0. The lowest BCUT2D eigenvalue weighted by Gasteiger charge is -2.20. The number of terminal acetylenes is 1. The van der Waals surface area contributed by atoms with Gasteiger partial charge in [0, 0.05) is 5.92 Å². The maximum Gasteiger partial charge on any atom is 0.224 e. The molecule has 4 atom stereocenters. The second-order valence-corrected chi connectivity index (χ2v) is 6.27. The van der Waals surface area contributed by atoms with E-state index in [9.17, 15) is 4.79 Å². The summed E-state index contributed by atoms with van der Waals surface area (Å²) < 4.78 is 0. The van der Waals surface area contributed by atoms with E-state index in [1.807, 2.05) is 13.8 Å². The summed E-state index contributed by atoms with van der Waals surface area (Å²) in [5.41, 5.74) is -0.493. The molecule has 16 heavy (non-hydrogen) atoms. The Morgan fingerprint density at radius 1 is 1.31 bits per heavy atom. The third-order valence-electron chi connectivity index (χ3n) is 4.83. The first-order valence-electron chi connectivity index (χ1n) is 6.33. The van der Waals surface area contributed by atoms with Gasteiger partial charge in [-0.15, -0.1) is 6.42 Å². The Kier molecular flexibility index (Phi) is 1.93. The van der Waals surface area contributed by atoms with Gasteiger partial charge in [-0.2, -0.15) is 0 Å². The SMILES string of the molecule is C#CC(C)(C)NC(=O)C1C2C3CCC(C3)C12. The van der Waals surface area contributed by atoms with Gasteiger partial charge in [-0.1, -0.05) is 5.92 Å². The van der Waals surface area contributed by atoms with Crippen LogP contribution >= 0.6 is 0 Å². The van der Waals surface area contributed by atoms with Crippen molar-refractivity contribution < 1.29 is 4.79 Å². The van der Waals surface area contributed by atoms with Gasteiger partial charge in [0.05, 0.1) is 5.54 Å². The van der Waals surface area contributed by atoms with Crippen molar-refractivity contribution in [2.75, 3.05) is 0 Å². The van der Waals surface area contributed by atoms with Crippen LogP contribution in [0.1, 0.15) is 33.1 Å². The highest BCUT2D eigenvalue weighted by Gasteiger charge is 2.67. The molecule has 0 saturated heterocycles. The summed E-state index contributed by atoms with van der Waals surface area (Å²) in [6.07, 6.45) is 9.49. The minimum Gasteiger partial charge on any atom is -0.340 e. The predicted molar refractivity (Wildman–Crippen MR) is 62.4 cm³/mol. The van der Waals surface area contributed by atoms with E-state index in [1.54, 1.807) is 0 Å². The summed E-state index contributed by atoms with van der Waals surface area (Å²) in [5.74, 6) is 6.22. The first-order valence-corrected chi connectivity index (χ1v) is 6.33. The van der Waals surface area contributed by atoms with Gasteiger partial charge in [0.25, 0.3) is 0 Å². The van der Waals surface area contributed by atoms with Crippen LogP contribution in [0.5, 0.6) is 0 Å². The number of fused-ring (bicyclic) bond motifs is 5. The topological polar surface area (TPSA) is 29.1 Å². The molecule has 3 aliphatic carbocycles. The minimum atomic E-state index is -0.493. The molecule has 0 heterocycles. The van der Waals surface area contributed by atoms with Crippen molar-refractivity contribution in [3.63, 3.8) is 0 Å². The van der Waals surface area contributed by atoms with E-state index in [0.717, 1.165) is 11.8 Å². The standard InChI is InChI=1S/C14H19NO/c1-4-14(2,3)15-13(16)12-10-8-5-6-9(7-8)11(10)12/h1,8-12H,5-7H2,2-3H3,(H,15,16). The van der Waals surface area contributed by atoms with Crippen LogP contribution in [-0.4, -0.2) is 11.4 Å². The lowest BCUT2D eigenvalue weighted by molar-refractivity contribution is -0.124. The molecule has 1 amide bonds. The van der Waals surface area contributed by atoms with Gasteiger partial charge in [0.1, 0.15) is 0 Å². The number of carbonyl (C=O) groups excluding carboxylic acids is 1. The maximum absolute atomic E-state index is 12.1. The number of amides is 1. The quantitative estimate of drug-likeness (QED) is 0.702. The average molecular weight is 217 g/mol. The molecule has 0 aliphatic heterocycles. The smallest absolute Gasteiger partial charge is 0.224 e. The summed E-state index contributed by atoms with van der Waals surface area (Å²) >= 11 is 0. The molecule has 0 aromatic heterocycles. The van der Waals surface area contributed by atoms with E-state index in [1.165, 1.54) is 19.3 Å². The van der Waals surface area contributed by atoms with Gasteiger partial charge in [-0.05, 0) is 56.8 Å². The molecule has 0 radical (unpaired) electrons. The van der Waals surface area contributed by atoms with Gasteiger partial charge in [0.15, 0.2) is 0 Å². The fourth-order valence-corrected chi connectivity index (χ4v) is 4.10. The van der Waals surface area contributed by atoms with E-state index >= 15 is 0 Å². The highest BCUT2D eigenvalue weighted by atomic mass is 16.2. The molecule has 0 aromatic rings. The molecule has 3 aliphatic rings. The molecule has 3 rings (SSSR count). The van der Waals surface area contributed by atoms with Gasteiger partial charge in [-0.25, -0.2) is 0 Å². The first kappa shape index (κ1) is 10.2. The molecule has 0 aromatic carbocycles. The van der Waals surface area contributed by atoms with Crippen LogP contribution in [0.25, 0.3) is 0 Å². The molecule has 1 N–H and O–H groups in total. The molecule has 2 heteroatoms. The monoisotopic (exact) mass is 217 g/mol. The predicted octanol–water partition coefficient (Wildman–Crippen LogP) is 1.81. The van der Waals surface area contributed by atoms with Crippen molar-refractivity contribution in [3.05, 3.63) is 0 Å². The van der Waals surface area contributed by atoms with Gasteiger partial charge in [-0.3, -0.25) is 4.79 Å². The Labute approximate surface area is 97.2 Å². The number of carbonyl (C=O) groups is 1. The third kappa shape index (κ3) is 1.30. The van der Waals surface area contributed by atoms with Crippen LogP contribution in [0.15, 0.2) is 0 Å². The number of hydrogen-bond donors (Lipinski definition) is 1. The van der Waals surface area contributed by atoms with Crippen LogP contribution < -0.4 is 5.32 Å². The van der Waals surface area contributed by atoms with E-state index in [4.69, 9.17) is 6.42 Å². The zero-order chi connectivity index (χ0) is 11.5. The Bertz CT molecular complexity index is 363. The molecule has 86 valence electrons. The molecule has 2 bridgehead atoms. The van der Waals surface area contributed by atoms with Crippen LogP contribution in [0.3, 0.4) is 0 Å². The molecular formula is C14H19NO. The summed E-state index contributed by atoms with van der Waals surface area (Å²) in [5, 5.41) is 2.99. The number of rotatable bonds is 2. The van der Waals surface area contributed by atoms with E-state index in [0.29, 0.717) is 17.8 Å². The summed E-state index contributed by atoms with van der Waals surface area (Å²) in [7, 11) is 0. The average Bonchev–Trinajstić information content (AvgIpc) is 2.69. The Morgan fingerprint density at radius 3 is 2.38 bits per heavy atom. The largest absolute Gasteiger partial charge is 0.340 e. The van der Waals surface area contributed by atoms with Crippen LogP contribution in [-0.2, 0) is 4.79 Å². The highest BCUT2D eigenvalue weighted by molar-refractivity contribution is 5.83. The molecule has 0 spiro atoms. The summed E-state index contributed by atoms with van der Waals surface area (Å²) in [6.45, 7) is 3.77. The first-order chi connectivity index (χ1) is 7.53. The lowest BCUT2D eigenvalue weighted by Crippen LogP contribution is -2.43. The van der Waals surface area contributed by atoms with Crippen molar-refractivity contribution in [2.45, 2.75) is 38.6 Å². The molecule has 2 nitrogen and oxygen atoms in total. The Balaban J connectivity index is 1.65. The second-order valence-electron chi connectivity index (χ2n) is 6.27. The minimum absolute atomic E-state index is 0.203. The van der Waals surface area contributed by atoms with Crippen LogP contribution in [0.2, 0.25) is 0 Å². The maximum atomic E-state index is 12.1. The normalized spacial score (nSPS) is 43.7. The van der Waals surface area contributed by atoms with Crippen molar-refractivity contribution in [3.8, 4) is 12.3 Å². The Hall–Kier alpha value is -0.970. The zero-order valence-electron chi connectivity index (χ0n) is 9.99. The van der Waals surface area contributed by atoms with Gasteiger partial charge in [0.2, 0.25) is 5.91 Å². The van der Waals surface area contributed by atoms with E-state index in [-0.39, 0.29) is 5.91 Å². The fraction of sp³-hybridized carbons (Fsp3) is 0.786. The van der Waals surface area contributed by atoms with E-state index < -0.39 is 5.54 Å². The Morgan fingerprint density at radius 2 is 1.88 bits per heavy atom. The molecule has 4 unspecified atom stereocenters. The van der Waals surface area contributed by atoms with Crippen LogP contribution in [0, 0.1) is 41.9 Å². The molecular weight excluding hydrogens is 198 g/mol. The van der Waals surface area contributed by atoms with Crippen LogP contribution in [0.4, 0.5) is 0 Å². The fourth-order valence-electron chi connectivity index (χ4n) is 4.10. The number of hydrogen-bond acceptors (Lipinski definition) is 1. The highest BCUT2D eigenvalue weighted by Crippen LogP contribution is 2.69. The van der Waals surface area contributed by atoms with Crippen molar-refractivity contribution in [1.82, 2.24) is 5.32 Å². The summed E-state index contributed by atoms with van der Waals surface area (Å²) in [6, 6.07) is 0. The van der Waals surface area contributed by atoms with E-state index in [2.05, 4.69) is 11.2 Å². The number of nitrogens with one attached hydrogen (secondary N) is 1. The second kappa shape index (κ2) is 3.03.